The number of rotatable bonds is 0. The quantitative estimate of drug-likeness (QED) is 0.648. The minimum Gasteiger partial charge on any atom is -0.310 e. The normalized spacial score (nSPS) is 10.6. The van der Waals surface area contributed by atoms with Gasteiger partial charge in [0.15, 0.2) is 0 Å². The number of fused-ring (bicyclic) bond motifs is 1. The van der Waals surface area contributed by atoms with E-state index in [1.54, 1.807) is 19.2 Å². The van der Waals surface area contributed by atoms with Gasteiger partial charge in [0.2, 0.25) is 0 Å². The average Bonchev–Trinajstić information content (AvgIpc) is 2.02. The molecular formula is C9H9N3O. The number of aryl methyl sites for hydroxylation is 2. The van der Waals surface area contributed by atoms with E-state index in [1.165, 1.54) is 0 Å². The van der Waals surface area contributed by atoms with Gasteiger partial charge in [-0.25, -0.2) is 4.98 Å². The van der Waals surface area contributed by atoms with Crippen molar-refractivity contribution in [1.29, 1.82) is 0 Å². The topological polar surface area (TPSA) is 58.6 Å². The lowest BCUT2D eigenvalue weighted by Crippen LogP contribution is -2.10. The second-order valence-corrected chi connectivity index (χ2v) is 2.99. The van der Waals surface area contributed by atoms with Crippen LogP contribution < -0.4 is 5.56 Å². The van der Waals surface area contributed by atoms with Gasteiger partial charge in [-0.05, 0) is 19.9 Å². The molecular weight excluding hydrogens is 166 g/mol. The highest BCUT2D eigenvalue weighted by molar-refractivity contribution is 5.76. The Morgan fingerprint density at radius 1 is 1.38 bits per heavy atom. The number of pyridine rings is 1. The summed E-state index contributed by atoms with van der Waals surface area (Å²) < 4.78 is 0. The van der Waals surface area contributed by atoms with Crippen molar-refractivity contribution >= 4 is 10.9 Å². The maximum absolute atomic E-state index is 11.4. The zero-order valence-corrected chi connectivity index (χ0v) is 7.46. The summed E-state index contributed by atoms with van der Waals surface area (Å²) in [6, 6.07) is 1.80. The first-order valence-electron chi connectivity index (χ1n) is 4.00. The minimum absolute atomic E-state index is 0.130. The average molecular weight is 175 g/mol. The first kappa shape index (κ1) is 7.91. The van der Waals surface area contributed by atoms with Crippen molar-refractivity contribution in [2.75, 3.05) is 0 Å². The Morgan fingerprint density at radius 2 is 2.15 bits per heavy atom. The molecule has 1 N–H and O–H groups in total. The summed E-state index contributed by atoms with van der Waals surface area (Å²) >= 11 is 0. The van der Waals surface area contributed by atoms with Crippen molar-refractivity contribution in [1.82, 2.24) is 15.0 Å². The van der Waals surface area contributed by atoms with Crippen molar-refractivity contribution in [3.63, 3.8) is 0 Å². The van der Waals surface area contributed by atoms with E-state index < -0.39 is 0 Å². The van der Waals surface area contributed by atoms with Gasteiger partial charge in [0.05, 0.1) is 10.9 Å². The molecule has 0 aromatic carbocycles. The number of nitrogens with one attached hydrogen (secondary N) is 1. The molecule has 2 heterocycles. The van der Waals surface area contributed by atoms with Gasteiger partial charge in [-0.2, -0.15) is 0 Å². The molecule has 0 aliphatic heterocycles. The van der Waals surface area contributed by atoms with Crippen LogP contribution in [0.15, 0.2) is 17.1 Å². The number of hydrogen-bond donors (Lipinski definition) is 1. The van der Waals surface area contributed by atoms with Crippen LogP contribution in [0.1, 0.15) is 11.5 Å². The highest BCUT2D eigenvalue weighted by Crippen LogP contribution is 2.05. The lowest BCUT2D eigenvalue weighted by molar-refractivity contribution is 1.05. The lowest BCUT2D eigenvalue weighted by atomic mass is 10.3. The Labute approximate surface area is 74.7 Å². The highest BCUT2D eigenvalue weighted by atomic mass is 16.1. The molecule has 13 heavy (non-hydrogen) atoms. The van der Waals surface area contributed by atoms with E-state index in [0.717, 1.165) is 5.69 Å². The van der Waals surface area contributed by atoms with Gasteiger partial charge in [0, 0.05) is 11.9 Å². The smallest absolute Gasteiger partial charge is 0.260 e. The highest BCUT2D eigenvalue weighted by Gasteiger charge is 2.01. The summed E-state index contributed by atoms with van der Waals surface area (Å²) in [6.07, 6.45) is 1.55. The third kappa shape index (κ3) is 1.30. The summed E-state index contributed by atoms with van der Waals surface area (Å²) in [5, 5.41) is 0.538. The second-order valence-electron chi connectivity index (χ2n) is 2.99. The van der Waals surface area contributed by atoms with Gasteiger partial charge in [-0.15, -0.1) is 0 Å². The molecule has 0 bridgehead atoms. The summed E-state index contributed by atoms with van der Waals surface area (Å²) in [4.78, 5) is 22.2. The number of hydrogen-bond acceptors (Lipinski definition) is 3. The van der Waals surface area contributed by atoms with Gasteiger partial charge < -0.3 is 4.98 Å². The molecule has 66 valence electrons. The molecule has 0 aliphatic carbocycles. The van der Waals surface area contributed by atoms with E-state index in [-0.39, 0.29) is 5.56 Å². The first-order valence-corrected chi connectivity index (χ1v) is 4.00. The summed E-state index contributed by atoms with van der Waals surface area (Å²) in [6.45, 7) is 3.63. The Balaban J connectivity index is 2.95. The molecule has 0 amide bonds. The molecule has 0 fully saturated rings. The third-order valence-corrected chi connectivity index (χ3v) is 1.85. The van der Waals surface area contributed by atoms with Crippen molar-refractivity contribution in [3.05, 3.63) is 34.1 Å². The molecule has 2 aromatic rings. The summed E-state index contributed by atoms with van der Waals surface area (Å²) in [5.74, 6) is 0.628. The standard InChI is InChI=1S/C9H9N3O/c1-5-3-8-7(4-10-5)9(13)12-6(2)11-8/h3-4H,1-2H3,(H,11,12,13). The molecule has 0 atom stereocenters. The zero-order valence-electron chi connectivity index (χ0n) is 7.46. The van der Waals surface area contributed by atoms with Crippen LogP contribution in [0.4, 0.5) is 0 Å². The van der Waals surface area contributed by atoms with E-state index in [4.69, 9.17) is 0 Å². The Hall–Kier alpha value is -1.71. The van der Waals surface area contributed by atoms with Crippen LogP contribution >= 0.6 is 0 Å². The first-order chi connectivity index (χ1) is 6.16. The molecule has 2 aromatic heterocycles. The van der Waals surface area contributed by atoms with Crippen LogP contribution in [0.2, 0.25) is 0 Å². The SMILES string of the molecule is Cc1cc2nc(C)[nH]c(=O)c2cn1. The van der Waals surface area contributed by atoms with E-state index in [2.05, 4.69) is 15.0 Å². The van der Waals surface area contributed by atoms with Crippen molar-refractivity contribution < 1.29 is 0 Å². The summed E-state index contributed by atoms with van der Waals surface area (Å²) in [7, 11) is 0. The maximum Gasteiger partial charge on any atom is 0.260 e. The Morgan fingerprint density at radius 3 is 2.92 bits per heavy atom. The maximum atomic E-state index is 11.4. The molecule has 0 aliphatic rings. The fourth-order valence-corrected chi connectivity index (χ4v) is 1.25. The minimum atomic E-state index is -0.130. The number of aromatic amines is 1. The summed E-state index contributed by atoms with van der Waals surface area (Å²) in [5.41, 5.74) is 1.44. The fourth-order valence-electron chi connectivity index (χ4n) is 1.25. The van der Waals surface area contributed by atoms with Gasteiger partial charge in [-0.1, -0.05) is 0 Å². The van der Waals surface area contributed by atoms with Crippen LogP contribution in [0, 0.1) is 13.8 Å². The second kappa shape index (κ2) is 2.65. The van der Waals surface area contributed by atoms with Gasteiger partial charge in [-0.3, -0.25) is 9.78 Å². The van der Waals surface area contributed by atoms with Crippen LogP contribution in [-0.4, -0.2) is 15.0 Å². The van der Waals surface area contributed by atoms with Gasteiger partial charge >= 0.3 is 0 Å². The van der Waals surface area contributed by atoms with Crippen LogP contribution in [0.25, 0.3) is 10.9 Å². The number of aromatic nitrogens is 3. The zero-order chi connectivity index (χ0) is 9.42. The fraction of sp³-hybridized carbons (Fsp3) is 0.222. The van der Waals surface area contributed by atoms with Gasteiger partial charge in [0.1, 0.15) is 5.82 Å². The molecule has 0 spiro atoms. The van der Waals surface area contributed by atoms with Crippen LogP contribution in [0.3, 0.4) is 0 Å². The van der Waals surface area contributed by atoms with Gasteiger partial charge in [0.25, 0.3) is 5.56 Å². The van der Waals surface area contributed by atoms with Crippen molar-refractivity contribution in [2.45, 2.75) is 13.8 Å². The van der Waals surface area contributed by atoms with E-state index >= 15 is 0 Å². The molecule has 0 radical (unpaired) electrons. The largest absolute Gasteiger partial charge is 0.310 e. The van der Waals surface area contributed by atoms with E-state index in [9.17, 15) is 4.79 Å². The molecule has 2 rings (SSSR count). The lowest BCUT2D eigenvalue weighted by Gasteiger charge is -1.98. The van der Waals surface area contributed by atoms with E-state index in [0.29, 0.717) is 16.7 Å². The molecule has 4 nitrogen and oxygen atoms in total. The van der Waals surface area contributed by atoms with Crippen LogP contribution in [-0.2, 0) is 0 Å². The van der Waals surface area contributed by atoms with Crippen molar-refractivity contribution in [3.8, 4) is 0 Å². The van der Waals surface area contributed by atoms with Crippen LogP contribution in [0.5, 0.6) is 0 Å². The molecule has 0 saturated carbocycles. The molecule has 0 unspecified atom stereocenters. The molecule has 4 heteroatoms. The van der Waals surface area contributed by atoms with Crippen molar-refractivity contribution in [2.24, 2.45) is 0 Å². The monoisotopic (exact) mass is 175 g/mol. The number of nitrogens with zero attached hydrogens (tertiary/aromatic N) is 2. The Kier molecular flexibility index (Phi) is 1.62. The predicted octanol–water partition coefficient (Wildman–Crippen LogP) is 0.935. The van der Waals surface area contributed by atoms with E-state index in [1.807, 2.05) is 6.92 Å². The predicted molar refractivity (Wildman–Crippen MR) is 49.6 cm³/mol. The third-order valence-electron chi connectivity index (χ3n) is 1.85. The Bertz CT molecular complexity index is 510. The number of H-pyrrole nitrogens is 1. The molecule has 0 saturated heterocycles.